The summed E-state index contributed by atoms with van der Waals surface area (Å²) in [6.07, 6.45) is 4.33. The number of H-pyrrole nitrogens is 1. The molecule has 4 aliphatic rings. The van der Waals surface area contributed by atoms with E-state index in [2.05, 4.69) is 41.1 Å². The number of hydrogen-bond donors (Lipinski definition) is 1. The van der Waals surface area contributed by atoms with E-state index in [1.165, 1.54) is 17.4 Å². The molecule has 0 amide bonds. The molecule has 2 saturated heterocycles. The number of carbonyl (C=O) groups is 1. The summed E-state index contributed by atoms with van der Waals surface area (Å²) < 4.78 is 5.43. The van der Waals surface area contributed by atoms with Crippen LogP contribution in [0.4, 0.5) is 0 Å². The SMILES string of the molecule is CC[C@H]1C[C@@H]2CN3CCc4c([nH]c5ccccc45)[C@](C(=O)OC)(C2)[C@@H]13. The van der Waals surface area contributed by atoms with Crippen molar-refractivity contribution in [3.8, 4) is 0 Å². The Morgan fingerprint density at radius 3 is 3.04 bits per heavy atom. The van der Waals surface area contributed by atoms with Crippen LogP contribution in [-0.2, 0) is 21.4 Å². The third kappa shape index (κ3) is 1.89. The van der Waals surface area contributed by atoms with E-state index in [1.54, 1.807) is 7.11 Å². The van der Waals surface area contributed by atoms with Crippen molar-refractivity contribution in [1.29, 1.82) is 0 Å². The summed E-state index contributed by atoms with van der Waals surface area (Å²) in [4.78, 5) is 19.5. The summed E-state index contributed by atoms with van der Waals surface area (Å²) in [6.45, 7) is 4.46. The van der Waals surface area contributed by atoms with Gasteiger partial charge >= 0.3 is 5.97 Å². The summed E-state index contributed by atoms with van der Waals surface area (Å²) in [6, 6.07) is 8.75. The van der Waals surface area contributed by atoms with E-state index in [1.807, 2.05) is 0 Å². The van der Waals surface area contributed by atoms with E-state index < -0.39 is 5.41 Å². The number of para-hydroxylation sites is 1. The molecule has 1 aliphatic carbocycles. The fraction of sp³-hybridized carbons (Fsp3) is 0.571. The number of benzene rings is 1. The number of fused-ring (bicyclic) bond motifs is 4. The van der Waals surface area contributed by atoms with Gasteiger partial charge in [0.05, 0.1) is 7.11 Å². The number of piperidine rings is 2. The van der Waals surface area contributed by atoms with Gasteiger partial charge < -0.3 is 9.72 Å². The zero-order chi connectivity index (χ0) is 17.2. The molecule has 3 fully saturated rings. The Hall–Kier alpha value is -1.81. The van der Waals surface area contributed by atoms with Crippen LogP contribution in [0.3, 0.4) is 0 Å². The number of esters is 1. The first-order valence-electron chi connectivity index (χ1n) is 9.61. The van der Waals surface area contributed by atoms with Gasteiger partial charge in [0.1, 0.15) is 5.41 Å². The van der Waals surface area contributed by atoms with Crippen LogP contribution in [0.2, 0.25) is 0 Å². The zero-order valence-electron chi connectivity index (χ0n) is 15.0. The Morgan fingerprint density at radius 2 is 2.24 bits per heavy atom. The van der Waals surface area contributed by atoms with Crippen LogP contribution in [0.5, 0.6) is 0 Å². The number of aromatic nitrogens is 1. The van der Waals surface area contributed by atoms with E-state index >= 15 is 0 Å². The monoisotopic (exact) mass is 338 g/mol. The maximum absolute atomic E-state index is 13.3. The predicted molar refractivity (Wildman–Crippen MR) is 97.6 cm³/mol. The van der Waals surface area contributed by atoms with E-state index in [0.29, 0.717) is 11.8 Å². The molecule has 4 nitrogen and oxygen atoms in total. The highest BCUT2D eigenvalue weighted by atomic mass is 16.5. The number of ether oxygens (including phenoxy) is 1. The van der Waals surface area contributed by atoms with Gasteiger partial charge in [-0.15, -0.1) is 0 Å². The van der Waals surface area contributed by atoms with Crippen LogP contribution < -0.4 is 0 Å². The molecule has 1 unspecified atom stereocenters. The maximum atomic E-state index is 13.3. The lowest BCUT2D eigenvalue weighted by Crippen LogP contribution is -2.67. The third-order valence-electron chi connectivity index (χ3n) is 7.07. The molecule has 2 aromatic rings. The van der Waals surface area contributed by atoms with E-state index in [9.17, 15) is 4.79 Å². The maximum Gasteiger partial charge on any atom is 0.319 e. The molecular formula is C21H26N2O2. The van der Waals surface area contributed by atoms with Crippen LogP contribution >= 0.6 is 0 Å². The molecule has 0 radical (unpaired) electrons. The van der Waals surface area contributed by atoms with Crippen molar-refractivity contribution < 1.29 is 9.53 Å². The first kappa shape index (κ1) is 15.4. The van der Waals surface area contributed by atoms with Crippen LogP contribution in [0.25, 0.3) is 10.9 Å². The summed E-state index contributed by atoms with van der Waals surface area (Å²) in [5.41, 5.74) is 3.11. The normalized spacial score (nSPS) is 36.1. The van der Waals surface area contributed by atoms with Gasteiger partial charge in [-0.25, -0.2) is 0 Å². The van der Waals surface area contributed by atoms with E-state index in [0.717, 1.165) is 43.6 Å². The number of aromatic amines is 1. The predicted octanol–water partition coefficient (Wildman–Crippen LogP) is 3.26. The van der Waals surface area contributed by atoms with Gasteiger partial charge in [-0.05, 0) is 42.7 Å². The van der Waals surface area contributed by atoms with Gasteiger partial charge in [0.2, 0.25) is 0 Å². The molecule has 1 N–H and O–H groups in total. The van der Waals surface area contributed by atoms with Crippen LogP contribution in [0, 0.1) is 11.8 Å². The molecule has 1 aromatic carbocycles. The summed E-state index contributed by atoms with van der Waals surface area (Å²) in [5.74, 6) is 1.12. The van der Waals surface area contributed by atoms with Crippen LogP contribution in [0.1, 0.15) is 37.4 Å². The average molecular weight is 338 g/mol. The van der Waals surface area contributed by atoms with Crippen molar-refractivity contribution in [1.82, 2.24) is 9.88 Å². The van der Waals surface area contributed by atoms with Gasteiger partial charge in [-0.2, -0.15) is 0 Å². The lowest BCUT2D eigenvalue weighted by molar-refractivity contribution is -0.162. The van der Waals surface area contributed by atoms with Gasteiger partial charge in [0.25, 0.3) is 0 Å². The Labute approximate surface area is 148 Å². The molecule has 1 aromatic heterocycles. The lowest BCUT2D eigenvalue weighted by Gasteiger charge is -2.57. The molecule has 5 atom stereocenters. The third-order valence-corrected chi connectivity index (χ3v) is 7.07. The first-order chi connectivity index (χ1) is 12.2. The minimum absolute atomic E-state index is 0.0416. The van der Waals surface area contributed by atoms with Crippen molar-refractivity contribution in [2.75, 3.05) is 20.2 Å². The molecule has 6 rings (SSSR count). The highest BCUT2D eigenvalue weighted by Gasteiger charge is 2.62. The van der Waals surface area contributed by atoms with E-state index in [4.69, 9.17) is 4.74 Å². The van der Waals surface area contributed by atoms with Crippen molar-refractivity contribution in [2.24, 2.45) is 11.8 Å². The number of methoxy groups -OCH3 is 1. The molecule has 4 heteroatoms. The second-order valence-electron chi connectivity index (χ2n) is 8.15. The number of hydrogen-bond acceptors (Lipinski definition) is 3. The molecule has 4 bridgehead atoms. The minimum Gasteiger partial charge on any atom is -0.468 e. The highest BCUT2D eigenvalue weighted by molar-refractivity contribution is 5.91. The van der Waals surface area contributed by atoms with Crippen LogP contribution in [0.15, 0.2) is 24.3 Å². The number of nitrogens with one attached hydrogen (secondary N) is 1. The quantitative estimate of drug-likeness (QED) is 0.855. The Bertz CT molecular complexity index is 842. The van der Waals surface area contributed by atoms with E-state index in [-0.39, 0.29) is 12.0 Å². The number of carbonyl (C=O) groups excluding carboxylic acids is 1. The van der Waals surface area contributed by atoms with Gasteiger partial charge in [-0.3, -0.25) is 9.69 Å². The topological polar surface area (TPSA) is 45.3 Å². The molecule has 1 saturated carbocycles. The number of nitrogens with zero attached hydrogens (tertiary/aromatic N) is 1. The summed E-state index contributed by atoms with van der Waals surface area (Å²) in [7, 11) is 1.55. The van der Waals surface area contributed by atoms with Gasteiger partial charge in [-0.1, -0.05) is 31.5 Å². The van der Waals surface area contributed by atoms with Gasteiger partial charge in [0.15, 0.2) is 0 Å². The largest absolute Gasteiger partial charge is 0.468 e. The van der Waals surface area contributed by atoms with Crippen molar-refractivity contribution in [3.05, 3.63) is 35.5 Å². The first-order valence-corrected chi connectivity index (χ1v) is 9.61. The van der Waals surface area contributed by atoms with Crippen molar-refractivity contribution in [2.45, 2.75) is 44.1 Å². The molecule has 3 aliphatic heterocycles. The second kappa shape index (κ2) is 5.34. The Morgan fingerprint density at radius 1 is 1.40 bits per heavy atom. The standard InChI is InChI=1S/C21H26N2O2/c1-3-14-10-13-11-21(20(24)25-2)18-16(8-9-23(12-13)19(14)21)15-6-4-5-7-17(15)22-18/h4-7,13-14,19,22H,3,8-12H2,1-2H3/t13-,14-,19+,21+/m0/s1. The van der Waals surface area contributed by atoms with Gasteiger partial charge in [0, 0.05) is 35.7 Å². The zero-order valence-corrected chi connectivity index (χ0v) is 15.0. The average Bonchev–Trinajstić information content (AvgIpc) is 3.00. The molecule has 25 heavy (non-hydrogen) atoms. The summed E-state index contributed by atoms with van der Waals surface area (Å²) >= 11 is 0. The fourth-order valence-electron chi connectivity index (χ4n) is 6.27. The fourth-order valence-corrected chi connectivity index (χ4v) is 6.27. The molecule has 132 valence electrons. The van der Waals surface area contributed by atoms with Crippen molar-refractivity contribution in [3.63, 3.8) is 0 Å². The number of rotatable bonds is 2. The Kier molecular flexibility index (Phi) is 3.30. The lowest BCUT2D eigenvalue weighted by atomic mass is 9.56. The molecule has 4 heterocycles. The molecular weight excluding hydrogens is 312 g/mol. The van der Waals surface area contributed by atoms with Crippen molar-refractivity contribution >= 4 is 16.9 Å². The Balaban J connectivity index is 1.81. The minimum atomic E-state index is -0.526. The van der Waals surface area contributed by atoms with Crippen LogP contribution in [-0.4, -0.2) is 42.1 Å². The summed E-state index contributed by atoms with van der Waals surface area (Å²) in [5, 5.41) is 1.28. The smallest absolute Gasteiger partial charge is 0.319 e. The second-order valence-corrected chi connectivity index (χ2v) is 8.15. The molecule has 0 spiro atoms. The highest BCUT2D eigenvalue weighted by Crippen LogP contribution is 2.55.